The average Bonchev–Trinajstić information content (AvgIpc) is 3.17. The van der Waals surface area contributed by atoms with E-state index in [1.54, 1.807) is 0 Å². The number of halogens is 1. The molecule has 2 rings (SSSR count). The van der Waals surface area contributed by atoms with Gasteiger partial charge < -0.3 is 10.6 Å². The van der Waals surface area contributed by atoms with Crippen molar-refractivity contribution in [2.75, 3.05) is 19.6 Å². The van der Waals surface area contributed by atoms with Gasteiger partial charge in [-0.3, -0.25) is 4.79 Å². The molecule has 1 aromatic rings. The Morgan fingerprint density at radius 1 is 1.33 bits per heavy atom. The molecular weight excluding hydrogens is 284 g/mol. The Hall–Kier alpha value is -1.06. The largest absolute Gasteiger partial charge is 0.341 e. The quantitative estimate of drug-likeness (QED) is 0.841. The van der Waals surface area contributed by atoms with E-state index in [9.17, 15) is 4.79 Å². The summed E-state index contributed by atoms with van der Waals surface area (Å²) in [5.41, 5.74) is 7.17. The third-order valence-corrected chi connectivity index (χ3v) is 4.68. The maximum atomic E-state index is 12.6. The van der Waals surface area contributed by atoms with Crippen LogP contribution in [0.4, 0.5) is 0 Å². The van der Waals surface area contributed by atoms with Crippen LogP contribution >= 0.6 is 12.4 Å². The van der Waals surface area contributed by atoms with Gasteiger partial charge >= 0.3 is 0 Å². The van der Waals surface area contributed by atoms with E-state index in [1.165, 1.54) is 5.56 Å². The number of hydrogen-bond donors (Lipinski definition) is 1. The van der Waals surface area contributed by atoms with Crippen molar-refractivity contribution < 1.29 is 4.79 Å². The van der Waals surface area contributed by atoms with Crippen LogP contribution in [0.15, 0.2) is 30.3 Å². The van der Waals surface area contributed by atoms with Crippen molar-refractivity contribution in [1.29, 1.82) is 0 Å². The highest BCUT2D eigenvalue weighted by atomic mass is 35.5. The normalized spacial score (nSPS) is 23.3. The lowest BCUT2D eigenvalue weighted by Crippen LogP contribution is -2.38. The molecule has 21 heavy (non-hydrogen) atoms. The van der Waals surface area contributed by atoms with E-state index in [4.69, 9.17) is 5.73 Å². The maximum absolute atomic E-state index is 12.6. The predicted molar refractivity (Wildman–Crippen MR) is 89.5 cm³/mol. The zero-order valence-corrected chi connectivity index (χ0v) is 13.9. The SMILES string of the molecule is CCC1(C)CC1C(=O)N(CCN)CCc1ccccc1.Cl. The molecule has 0 heterocycles. The number of carbonyl (C=O) groups excluding carboxylic acids is 1. The molecule has 0 aromatic heterocycles. The number of nitrogens with two attached hydrogens (primary N) is 1. The Labute approximate surface area is 134 Å². The first-order chi connectivity index (χ1) is 9.60. The number of benzene rings is 1. The summed E-state index contributed by atoms with van der Waals surface area (Å²) in [6, 6.07) is 10.3. The summed E-state index contributed by atoms with van der Waals surface area (Å²) in [6.07, 6.45) is 3.02. The summed E-state index contributed by atoms with van der Waals surface area (Å²) in [5.74, 6) is 0.519. The van der Waals surface area contributed by atoms with Crippen LogP contribution in [-0.2, 0) is 11.2 Å². The Balaban J connectivity index is 0.00000220. The van der Waals surface area contributed by atoms with E-state index in [0.717, 1.165) is 25.8 Å². The summed E-state index contributed by atoms with van der Waals surface area (Å²) < 4.78 is 0. The summed E-state index contributed by atoms with van der Waals surface area (Å²) in [6.45, 7) is 6.37. The summed E-state index contributed by atoms with van der Waals surface area (Å²) in [5, 5.41) is 0. The van der Waals surface area contributed by atoms with Crippen molar-refractivity contribution in [3.8, 4) is 0 Å². The van der Waals surface area contributed by atoms with Crippen molar-refractivity contribution >= 4 is 18.3 Å². The van der Waals surface area contributed by atoms with Gasteiger partial charge in [0.25, 0.3) is 0 Å². The zero-order chi connectivity index (χ0) is 14.6. The minimum atomic E-state index is 0. The lowest BCUT2D eigenvalue weighted by Gasteiger charge is -2.23. The van der Waals surface area contributed by atoms with Crippen molar-refractivity contribution in [3.63, 3.8) is 0 Å². The number of rotatable bonds is 7. The second kappa shape index (κ2) is 7.81. The van der Waals surface area contributed by atoms with Crippen LogP contribution in [0.5, 0.6) is 0 Å². The zero-order valence-electron chi connectivity index (χ0n) is 13.0. The molecule has 0 bridgehead atoms. The molecule has 1 aliphatic rings. The third kappa shape index (κ3) is 4.45. The molecule has 2 atom stereocenters. The van der Waals surface area contributed by atoms with E-state index in [1.807, 2.05) is 23.1 Å². The van der Waals surface area contributed by atoms with Crippen molar-refractivity contribution in [1.82, 2.24) is 4.90 Å². The topological polar surface area (TPSA) is 46.3 Å². The molecule has 0 radical (unpaired) electrons. The smallest absolute Gasteiger partial charge is 0.226 e. The summed E-state index contributed by atoms with van der Waals surface area (Å²) in [7, 11) is 0. The Kier molecular flexibility index (Phi) is 6.69. The molecule has 0 saturated heterocycles. The van der Waals surface area contributed by atoms with Gasteiger partial charge in [0.2, 0.25) is 5.91 Å². The lowest BCUT2D eigenvalue weighted by molar-refractivity contribution is -0.133. The van der Waals surface area contributed by atoms with E-state index in [-0.39, 0.29) is 23.7 Å². The van der Waals surface area contributed by atoms with Gasteiger partial charge in [-0.25, -0.2) is 0 Å². The molecule has 1 amide bonds. The molecule has 1 saturated carbocycles. The Morgan fingerprint density at radius 3 is 2.52 bits per heavy atom. The van der Waals surface area contributed by atoms with Crippen LogP contribution in [0, 0.1) is 11.3 Å². The highest BCUT2D eigenvalue weighted by Gasteiger charge is 2.53. The summed E-state index contributed by atoms with van der Waals surface area (Å²) in [4.78, 5) is 14.5. The minimum absolute atomic E-state index is 0. The molecule has 0 aliphatic heterocycles. The van der Waals surface area contributed by atoms with Crippen molar-refractivity contribution in [2.45, 2.75) is 33.1 Å². The fourth-order valence-corrected chi connectivity index (χ4v) is 2.80. The third-order valence-electron chi connectivity index (χ3n) is 4.68. The molecule has 1 aliphatic carbocycles. The predicted octanol–water partition coefficient (Wildman–Crippen LogP) is 2.87. The molecular formula is C17H27ClN2O. The van der Waals surface area contributed by atoms with E-state index < -0.39 is 0 Å². The first-order valence-corrected chi connectivity index (χ1v) is 7.63. The van der Waals surface area contributed by atoms with Crippen LogP contribution in [-0.4, -0.2) is 30.4 Å². The average molecular weight is 311 g/mol. The van der Waals surface area contributed by atoms with E-state index in [2.05, 4.69) is 26.0 Å². The molecule has 4 heteroatoms. The molecule has 1 aromatic carbocycles. The first kappa shape index (κ1) is 18.0. The fraction of sp³-hybridized carbons (Fsp3) is 0.588. The van der Waals surface area contributed by atoms with Crippen LogP contribution in [0.25, 0.3) is 0 Å². The molecule has 1 fully saturated rings. The standard InChI is InChI=1S/C17H26N2O.ClH/c1-3-17(2)13-15(17)16(20)19(12-10-18)11-9-14-7-5-4-6-8-14;/h4-8,15H,3,9-13,18H2,1-2H3;1H. The van der Waals surface area contributed by atoms with Gasteiger partial charge in [0.15, 0.2) is 0 Å². The van der Waals surface area contributed by atoms with Crippen LogP contribution in [0.1, 0.15) is 32.3 Å². The van der Waals surface area contributed by atoms with Crippen LogP contribution in [0.3, 0.4) is 0 Å². The van der Waals surface area contributed by atoms with Gasteiger partial charge in [0, 0.05) is 25.6 Å². The Morgan fingerprint density at radius 2 is 2.00 bits per heavy atom. The Bertz CT molecular complexity index is 451. The molecule has 2 N–H and O–H groups in total. The fourth-order valence-electron chi connectivity index (χ4n) is 2.80. The van der Waals surface area contributed by atoms with Crippen LogP contribution in [0.2, 0.25) is 0 Å². The van der Waals surface area contributed by atoms with Crippen LogP contribution < -0.4 is 5.73 Å². The molecule has 0 spiro atoms. The number of amides is 1. The second-order valence-corrected chi connectivity index (χ2v) is 6.11. The number of carbonyl (C=O) groups is 1. The van der Waals surface area contributed by atoms with Crippen molar-refractivity contribution in [2.24, 2.45) is 17.1 Å². The van der Waals surface area contributed by atoms with Gasteiger partial charge in [-0.15, -0.1) is 12.4 Å². The first-order valence-electron chi connectivity index (χ1n) is 7.63. The second-order valence-electron chi connectivity index (χ2n) is 6.11. The highest BCUT2D eigenvalue weighted by molar-refractivity contribution is 5.85. The summed E-state index contributed by atoms with van der Waals surface area (Å²) >= 11 is 0. The van der Waals surface area contributed by atoms with E-state index >= 15 is 0 Å². The van der Waals surface area contributed by atoms with Gasteiger partial charge in [-0.1, -0.05) is 44.2 Å². The molecule has 3 nitrogen and oxygen atoms in total. The lowest BCUT2D eigenvalue weighted by atomic mass is 10.0. The maximum Gasteiger partial charge on any atom is 0.226 e. The molecule has 2 unspecified atom stereocenters. The monoisotopic (exact) mass is 310 g/mol. The van der Waals surface area contributed by atoms with Crippen molar-refractivity contribution in [3.05, 3.63) is 35.9 Å². The van der Waals surface area contributed by atoms with Gasteiger partial charge in [0.05, 0.1) is 0 Å². The number of nitrogens with zero attached hydrogens (tertiary/aromatic N) is 1. The van der Waals surface area contributed by atoms with E-state index in [0.29, 0.717) is 19.0 Å². The highest BCUT2D eigenvalue weighted by Crippen LogP contribution is 2.55. The van der Waals surface area contributed by atoms with Gasteiger partial charge in [-0.05, 0) is 30.2 Å². The number of hydrogen-bond acceptors (Lipinski definition) is 2. The van der Waals surface area contributed by atoms with Gasteiger partial charge in [-0.2, -0.15) is 0 Å². The van der Waals surface area contributed by atoms with Gasteiger partial charge in [0.1, 0.15) is 0 Å². The molecule has 118 valence electrons. The minimum Gasteiger partial charge on any atom is -0.341 e.